The zero-order chi connectivity index (χ0) is 41.1. The number of nitrogens with one attached hydrogen (secondary N) is 5. The molecular weight excluding hydrogens is 730 g/mol. The Morgan fingerprint density at radius 2 is 1.69 bits per heavy atom. The molecule has 1 aliphatic rings. The number of likely N-dealkylation sites (N-methyl/N-ethyl adjacent to an activating group) is 1. The number of aromatic hydroxyl groups is 1. The van der Waals surface area contributed by atoms with E-state index in [4.69, 9.17) is 15.7 Å². The Kier molecular flexibility index (Phi) is 19.4. The maximum Gasteiger partial charge on any atom is 0.326 e. The summed E-state index contributed by atoms with van der Waals surface area (Å²) in [6.07, 6.45) is -1.26. The van der Waals surface area contributed by atoms with Crippen molar-refractivity contribution < 1.29 is 64.0 Å². The van der Waals surface area contributed by atoms with Gasteiger partial charge in [-0.15, -0.1) is 0 Å². The standard InChI is InChI=1S/C33H51N9O13/c1-19(44)27(40-26(46)16-35-28(47)23-17-55-31(39-23)20-8-3-4-12-25(20)45)32(50)41(2)24(11-6-14-36-53)30(49)37-21(9-5-13-34)29(48)38-22(33(51)52)10-7-15-42(54)18-43/h3-4,8,12,18-19,21-24,27,36,44-45,53-54H,5-7,9-11,13-17,34H2,1-2H3,(H,35,47)(H,37,49)(H,38,48)(H,40,46)(H,51,52)/t19-,21-,22-,23+,24?,27+/m0/s1. The number of hydrogen-bond acceptors (Lipinski definition) is 15. The Balaban J connectivity index is 2.14. The number of nitrogens with two attached hydrogens (primary N) is 1. The molecule has 6 amide bonds. The molecular formula is C33H51N9O13. The first-order chi connectivity index (χ1) is 26.1. The van der Waals surface area contributed by atoms with Gasteiger partial charge in [0.15, 0.2) is 6.04 Å². The molecule has 12 N–H and O–H groups in total. The molecule has 0 aromatic heterocycles. The number of phenolic OH excluding ortho intramolecular Hbond substituents is 1. The fourth-order valence-corrected chi connectivity index (χ4v) is 5.35. The van der Waals surface area contributed by atoms with Gasteiger partial charge in [0, 0.05) is 20.1 Å². The van der Waals surface area contributed by atoms with Crippen LogP contribution in [0.3, 0.4) is 0 Å². The fourth-order valence-electron chi connectivity index (χ4n) is 5.35. The molecule has 0 saturated heterocycles. The maximum atomic E-state index is 13.7. The zero-order valence-corrected chi connectivity index (χ0v) is 30.6. The van der Waals surface area contributed by atoms with Crippen LogP contribution in [-0.2, 0) is 38.3 Å². The lowest BCUT2D eigenvalue weighted by atomic mass is 10.0. The maximum absolute atomic E-state index is 13.7. The number of aliphatic hydroxyl groups excluding tert-OH is 1. The summed E-state index contributed by atoms with van der Waals surface area (Å²) in [5.74, 6) is -5.69. The van der Waals surface area contributed by atoms with Crippen molar-refractivity contribution in [3.8, 4) is 5.75 Å². The van der Waals surface area contributed by atoms with Gasteiger partial charge in [-0.2, -0.15) is 0 Å². The summed E-state index contributed by atoms with van der Waals surface area (Å²) in [6, 6.07) is -0.527. The molecule has 1 aliphatic heterocycles. The average Bonchev–Trinajstić information content (AvgIpc) is 3.65. The van der Waals surface area contributed by atoms with Crippen LogP contribution in [0.2, 0.25) is 0 Å². The second kappa shape index (κ2) is 23.4. The van der Waals surface area contributed by atoms with Crippen LogP contribution in [0.5, 0.6) is 5.75 Å². The average molecular weight is 782 g/mol. The number of aliphatic imine (C=N–C) groups is 1. The molecule has 6 atom stereocenters. The number of phenols is 1. The molecule has 0 spiro atoms. The largest absolute Gasteiger partial charge is 0.507 e. The predicted octanol–water partition coefficient (Wildman–Crippen LogP) is -3.47. The van der Waals surface area contributed by atoms with Crippen LogP contribution in [0.1, 0.15) is 51.0 Å². The van der Waals surface area contributed by atoms with Crippen LogP contribution in [-0.4, -0.2) is 160 Å². The van der Waals surface area contributed by atoms with Crippen LogP contribution in [0.25, 0.3) is 0 Å². The molecule has 1 aromatic carbocycles. The van der Waals surface area contributed by atoms with Gasteiger partial charge >= 0.3 is 5.97 Å². The Labute approximate surface area is 316 Å². The van der Waals surface area contributed by atoms with Gasteiger partial charge in [-0.3, -0.25) is 34.0 Å². The van der Waals surface area contributed by atoms with Crippen molar-refractivity contribution in [1.82, 2.24) is 36.7 Å². The number of aliphatic hydroxyl groups is 1. The van der Waals surface area contributed by atoms with Crippen LogP contribution in [0.15, 0.2) is 29.3 Å². The number of ether oxygens (including phenoxy) is 1. The summed E-state index contributed by atoms with van der Waals surface area (Å²) in [5.41, 5.74) is 7.83. The van der Waals surface area contributed by atoms with Crippen LogP contribution < -0.4 is 32.5 Å². The van der Waals surface area contributed by atoms with Crippen molar-refractivity contribution >= 4 is 47.8 Å². The molecule has 1 aromatic rings. The van der Waals surface area contributed by atoms with Crippen molar-refractivity contribution in [1.29, 1.82) is 0 Å². The Morgan fingerprint density at radius 1 is 1.02 bits per heavy atom. The molecule has 22 heteroatoms. The van der Waals surface area contributed by atoms with Crippen molar-refractivity contribution in [3.05, 3.63) is 29.8 Å². The molecule has 306 valence electrons. The lowest BCUT2D eigenvalue weighted by molar-refractivity contribution is -0.150. The van der Waals surface area contributed by atoms with E-state index in [2.05, 4.69) is 26.3 Å². The molecule has 2 rings (SSSR count). The van der Waals surface area contributed by atoms with Crippen LogP contribution >= 0.6 is 0 Å². The molecule has 22 nitrogen and oxygen atoms in total. The predicted molar refractivity (Wildman–Crippen MR) is 190 cm³/mol. The molecule has 0 aliphatic carbocycles. The number of nitrogens with zero attached hydrogens (tertiary/aromatic N) is 3. The summed E-state index contributed by atoms with van der Waals surface area (Å²) in [7, 11) is 1.22. The summed E-state index contributed by atoms with van der Waals surface area (Å²) >= 11 is 0. The minimum Gasteiger partial charge on any atom is -0.507 e. The molecule has 1 heterocycles. The van der Waals surface area contributed by atoms with Gasteiger partial charge in [0.25, 0.3) is 0 Å². The topological polar surface area (TPSA) is 335 Å². The molecule has 0 saturated carbocycles. The third-order valence-electron chi connectivity index (χ3n) is 8.41. The number of carboxylic acid groups (broad SMARTS) is 1. The molecule has 55 heavy (non-hydrogen) atoms. The highest BCUT2D eigenvalue weighted by Gasteiger charge is 2.36. The number of hydroxylamine groups is 3. The summed E-state index contributed by atoms with van der Waals surface area (Å²) in [5, 5.41) is 58.4. The second-order valence-corrected chi connectivity index (χ2v) is 12.6. The van der Waals surface area contributed by atoms with E-state index in [-0.39, 0.29) is 88.4 Å². The number of rotatable bonds is 25. The quantitative estimate of drug-likeness (QED) is 0.0199. The van der Waals surface area contributed by atoms with E-state index >= 15 is 0 Å². The lowest BCUT2D eigenvalue weighted by Crippen LogP contribution is -2.60. The number of para-hydroxylation sites is 1. The number of amides is 6. The number of benzene rings is 1. The van der Waals surface area contributed by atoms with Gasteiger partial charge in [0.2, 0.25) is 41.8 Å². The summed E-state index contributed by atoms with van der Waals surface area (Å²) < 4.78 is 5.42. The van der Waals surface area contributed by atoms with Crippen molar-refractivity contribution in [3.63, 3.8) is 0 Å². The summed E-state index contributed by atoms with van der Waals surface area (Å²) in [6.45, 7) is 0.340. The highest BCUT2D eigenvalue weighted by atomic mass is 16.5. The fraction of sp³-hybridized carbons (Fsp3) is 0.576. The Morgan fingerprint density at radius 3 is 2.31 bits per heavy atom. The SMILES string of the molecule is C[C@H](O)[C@@H](NC(=O)CNC(=O)[C@H]1COC(c2ccccc2O)=N1)C(=O)N(C)C(CCCNO)C(=O)N[C@@H](CCCN)C(=O)N[C@@H](CCCN(O)C=O)C(=O)O. The third kappa shape index (κ3) is 14.7. The first kappa shape index (κ1) is 45.7. The monoisotopic (exact) mass is 781 g/mol. The molecule has 0 radical (unpaired) electrons. The summed E-state index contributed by atoms with van der Waals surface area (Å²) in [4.78, 5) is 93.8. The van der Waals surface area contributed by atoms with Gasteiger partial charge in [-0.25, -0.2) is 20.3 Å². The van der Waals surface area contributed by atoms with Crippen LogP contribution in [0, 0.1) is 0 Å². The van der Waals surface area contributed by atoms with Crippen molar-refractivity contribution in [2.75, 3.05) is 39.8 Å². The van der Waals surface area contributed by atoms with E-state index in [9.17, 15) is 54.1 Å². The number of carbonyl (C=O) groups excluding carboxylic acids is 6. The lowest BCUT2D eigenvalue weighted by Gasteiger charge is -2.33. The smallest absolute Gasteiger partial charge is 0.326 e. The molecule has 0 fully saturated rings. The van der Waals surface area contributed by atoms with Gasteiger partial charge in [-0.05, 0) is 64.1 Å². The zero-order valence-electron chi connectivity index (χ0n) is 30.6. The van der Waals surface area contributed by atoms with Gasteiger partial charge in [-0.1, -0.05) is 12.1 Å². The molecule has 0 bridgehead atoms. The Hall–Kier alpha value is -5.42. The van der Waals surface area contributed by atoms with Crippen molar-refractivity contribution in [2.45, 2.75) is 81.8 Å². The van der Waals surface area contributed by atoms with E-state index in [1.807, 2.05) is 5.48 Å². The first-order valence-corrected chi connectivity index (χ1v) is 17.5. The van der Waals surface area contributed by atoms with Gasteiger partial charge < -0.3 is 57.2 Å². The highest BCUT2D eigenvalue weighted by Crippen LogP contribution is 2.21. The minimum atomic E-state index is -1.61. The number of hydrogen-bond donors (Lipinski definition) is 11. The highest BCUT2D eigenvalue weighted by molar-refractivity contribution is 6.01. The van der Waals surface area contributed by atoms with Gasteiger partial charge in [0.05, 0.1) is 18.2 Å². The van der Waals surface area contributed by atoms with E-state index < -0.39 is 78.4 Å². The van der Waals surface area contributed by atoms with E-state index in [0.717, 1.165) is 4.90 Å². The van der Waals surface area contributed by atoms with Crippen molar-refractivity contribution in [2.24, 2.45) is 10.7 Å². The first-order valence-electron chi connectivity index (χ1n) is 17.5. The van der Waals surface area contributed by atoms with E-state index in [0.29, 0.717) is 5.06 Å². The van der Waals surface area contributed by atoms with Gasteiger partial charge in [0.1, 0.15) is 36.5 Å². The number of carbonyl (C=O) groups is 7. The number of aliphatic carboxylic acids is 1. The normalized spacial score (nSPS) is 16.2. The molecule has 1 unspecified atom stereocenters. The minimum absolute atomic E-state index is 0.00108. The van der Waals surface area contributed by atoms with E-state index in [1.54, 1.807) is 18.2 Å². The Bertz CT molecular complexity index is 1510. The third-order valence-corrected chi connectivity index (χ3v) is 8.41. The number of carboxylic acids is 1. The second-order valence-electron chi connectivity index (χ2n) is 12.6. The van der Waals surface area contributed by atoms with Crippen LogP contribution in [0.4, 0.5) is 0 Å². The van der Waals surface area contributed by atoms with E-state index in [1.165, 1.54) is 20.0 Å².